The van der Waals surface area contributed by atoms with Crippen molar-refractivity contribution in [2.75, 3.05) is 0 Å². The van der Waals surface area contributed by atoms with Crippen LogP contribution in [0.3, 0.4) is 0 Å². The van der Waals surface area contributed by atoms with Gasteiger partial charge < -0.3 is 0 Å². The maximum atomic E-state index is 8.73. The van der Waals surface area contributed by atoms with Crippen molar-refractivity contribution in [3.8, 4) is 6.07 Å². The van der Waals surface area contributed by atoms with Crippen LogP contribution in [0.2, 0.25) is 0 Å². The summed E-state index contributed by atoms with van der Waals surface area (Å²) in [7, 11) is 0. The lowest BCUT2D eigenvalue weighted by Crippen LogP contribution is -2.27. The van der Waals surface area contributed by atoms with E-state index in [1.54, 1.807) is 0 Å². The molecule has 0 radical (unpaired) electrons. The van der Waals surface area contributed by atoms with E-state index in [0.717, 1.165) is 22.9 Å². The summed E-state index contributed by atoms with van der Waals surface area (Å²) in [4.78, 5) is 0. The van der Waals surface area contributed by atoms with E-state index in [1.165, 1.54) is 12.8 Å². The van der Waals surface area contributed by atoms with E-state index >= 15 is 0 Å². The van der Waals surface area contributed by atoms with Gasteiger partial charge in [-0.1, -0.05) is 13.3 Å². The topological polar surface area (TPSA) is 41.6 Å². The van der Waals surface area contributed by atoms with Crippen LogP contribution >= 0.6 is 15.9 Å². The standard InChI is InChI=1S/C10H12BrN3/c1-7-2-3-8(7)5-14-6-9(11)10(4-12)13-14/h6-8H,2-3,5H2,1H3. The van der Waals surface area contributed by atoms with Crippen molar-refractivity contribution >= 4 is 15.9 Å². The molecule has 2 rings (SSSR count). The van der Waals surface area contributed by atoms with Crippen molar-refractivity contribution < 1.29 is 0 Å². The van der Waals surface area contributed by atoms with Gasteiger partial charge in [0, 0.05) is 12.7 Å². The van der Waals surface area contributed by atoms with E-state index in [2.05, 4.69) is 34.0 Å². The zero-order valence-electron chi connectivity index (χ0n) is 8.07. The summed E-state index contributed by atoms with van der Waals surface area (Å²) in [6, 6.07) is 2.06. The van der Waals surface area contributed by atoms with Gasteiger partial charge in [0.25, 0.3) is 0 Å². The summed E-state index contributed by atoms with van der Waals surface area (Å²) in [5.74, 6) is 1.55. The molecule has 1 aromatic rings. The van der Waals surface area contributed by atoms with Crippen LogP contribution in [0.15, 0.2) is 10.7 Å². The molecule has 2 atom stereocenters. The van der Waals surface area contributed by atoms with E-state index < -0.39 is 0 Å². The molecule has 1 heterocycles. The quantitative estimate of drug-likeness (QED) is 0.813. The highest BCUT2D eigenvalue weighted by atomic mass is 79.9. The van der Waals surface area contributed by atoms with Gasteiger partial charge >= 0.3 is 0 Å². The highest BCUT2D eigenvalue weighted by Crippen LogP contribution is 2.34. The second kappa shape index (κ2) is 3.74. The molecule has 1 fully saturated rings. The Bertz CT molecular complexity index is 377. The zero-order chi connectivity index (χ0) is 10.1. The van der Waals surface area contributed by atoms with Gasteiger partial charge in [0.05, 0.1) is 4.47 Å². The third kappa shape index (κ3) is 1.69. The first kappa shape index (κ1) is 9.72. The molecule has 0 aromatic carbocycles. The SMILES string of the molecule is CC1CCC1Cn1cc(Br)c(C#N)n1. The van der Waals surface area contributed by atoms with Crippen LogP contribution in [0.1, 0.15) is 25.5 Å². The first-order chi connectivity index (χ1) is 6.70. The molecule has 0 bridgehead atoms. The van der Waals surface area contributed by atoms with Crippen LogP contribution < -0.4 is 0 Å². The fourth-order valence-electron chi connectivity index (χ4n) is 1.81. The monoisotopic (exact) mass is 253 g/mol. The van der Waals surface area contributed by atoms with E-state index in [-0.39, 0.29) is 0 Å². The van der Waals surface area contributed by atoms with Gasteiger partial charge in [-0.2, -0.15) is 10.4 Å². The Kier molecular flexibility index (Phi) is 2.60. The Balaban J connectivity index is 2.07. The van der Waals surface area contributed by atoms with Gasteiger partial charge in [-0.05, 0) is 34.2 Å². The lowest BCUT2D eigenvalue weighted by Gasteiger charge is -2.33. The summed E-state index contributed by atoms with van der Waals surface area (Å²) >= 11 is 3.32. The largest absolute Gasteiger partial charge is 0.270 e. The van der Waals surface area contributed by atoms with Gasteiger partial charge in [0.15, 0.2) is 5.69 Å². The molecule has 14 heavy (non-hydrogen) atoms. The number of rotatable bonds is 2. The predicted octanol–water partition coefficient (Wildman–Crippen LogP) is 2.56. The van der Waals surface area contributed by atoms with E-state index in [4.69, 9.17) is 5.26 Å². The molecule has 1 saturated carbocycles. The minimum atomic E-state index is 0.483. The van der Waals surface area contributed by atoms with Gasteiger partial charge in [-0.3, -0.25) is 4.68 Å². The van der Waals surface area contributed by atoms with Crippen molar-refractivity contribution in [1.82, 2.24) is 9.78 Å². The van der Waals surface area contributed by atoms with Crippen molar-refractivity contribution in [2.24, 2.45) is 11.8 Å². The predicted molar refractivity (Wildman–Crippen MR) is 56.5 cm³/mol. The minimum absolute atomic E-state index is 0.483. The number of hydrogen-bond donors (Lipinski definition) is 0. The second-order valence-corrected chi connectivity index (χ2v) is 4.83. The average molecular weight is 254 g/mol. The van der Waals surface area contributed by atoms with Crippen LogP contribution in [0.25, 0.3) is 0 Å². The first-order valence-electron chi connectivity index (χ1n) is 4.83. The minimum Gasteiger partial charge on any atom is -0.270 e. The maximum absolute atomic E-state index is 8.73. The molecule has 0 aliphatic heterocycles. The molecular weight excluding hydrogens is 242 g/mol. The van der Waals surface area contributed by atoms with Crippen LogP contribution in [0.4, 0.5) is 0 Å². The van der Waals surface area contributed by atoms with Crippen molar-refractivity contribution in [1.29, 1.82) is 5.26 Å². The normalized spacial score (nSPS) is 25.5. The fourth-order valence-corrected chi connectivity index (χ4v) is 2.22. The molecule has 1 aromatic heterocycles. The summed E-state index contributed by atoms with van der Waals surface area (Å²) in [5.41, 5.74) is 0.483. The van der Waals surface area contributed by atoms with Gasteiger partial charge in [-0.15, -0.1) is 0 Å². The Hall–Kier alpha value is -0.820. The molecule has 1 aliphatic rings. The van der Waals surface area contributed by atoms with Crippen LogP contribution in [0.5, 0.6) is 0 Å². The van der Waals surface area contributed by atoms with Crippen molar-refractivity contribution in [2.45, 2.75) is 26.3 Å². The highest BCUT2D eigenvalue weighted by Gasteiger charge is 2.27. The van der Waals surface area contributed by atoms with Crippen LogP contribution in [-0.4, -0.2) is 9.78 Å². The fraction of sp³-hybridized carbons (Fsp3) is 0.600. The summed E-state index contributed by atoms with van der Waals surface area (Å²) < 4.78 is 2.68. The van der Waals surface area contributed by atoms with E-state index in [9.17, 15) is 0 Å². The summed E-state index contributed by atoms with van der Waals surface area (Å²) in [6.07, 6.45) is 4.52. The van der Waals surface area contributed by atoms with Crippen molar-refractivity contribution in [3.63, 3.8) is 0 Å². The second-order valence-electron chi connectivity index (χ2n) is 3.97. The molecule has 2 unspecified atom stereocenters. The summed E-state index contributed by atoms with van der Waals surface area (Å²) in [5, 5.41) is 12.9. The van der Waals surface area contributed by atoms with E-state index in [0.29, 0.717) is 5.69 Å². The third-order valence-corrected chi connectivity index (χ3v) is 3.62. The average Bonchev–Trinajstić information content (AvgIpc) is 2.53. The van der Waals surface area contributed by atoms with Gasteiger partial charge in [-0.25, -0.2) is 0 Å². The number of hydrogen-bond acceptors (Lipinski definition) is 2. The zero-order valence-corrected chi connectivity index (χ0v) is 9.66. The first-order valence-corrected chi connectivity index (χ1v) is 5.63. The molecule has 3 nitrogen and oxygen atoms in total. The van der Waals surface area contributed by atoms with Crippen LogP contribution in [0, 0.1) is 23.2 Å². The van der Waals surface area contributed by atoms with Gasteiger partial charge in [0.2, 0.25) is 0 Å². The highest BCUT2D eigenvalue weighted by molar-refractivity contribution is 9.10. The Morgan fingerprint density at radius 3 is 2.93 bits per heavy atom. The number of aromatic nitrogens is 2. The summed E-state index contributed by atoms with van der Waals surface area (Å²) in [6.45, 7) is 3.22. The Morgan fingerprint density at radius 2 is 2.50 bits per heavy atom. The third-order valence-electron chi connectivity index (χ3n) is 3.04. The molecule has 1 aliphatic carbocycles. The smallest absolute Gasteiger partial charge is 0.176 e. The number of nitriles is 1. The molecular formula is C10H12BrN3. The lowest BCUT2D eigenvalue weighted by molar-refractivity contribution is 0.165. The Morgan fingerprint density at radius 1 is 1.71 bits per heavy atom. The molecule has 0 saturated heterocycles. The number of halogens is 1. The molecule has 0 N–H and O–H groups in total. The molecule has 74 valence electrons. The maximum Gasteiger partial charge on any atom is 0.176 e. The van der Waals surface area contributed by atoms with Crippen molar-refractivity contribution in [3.05, 3.63) is 16.4 Å². The molecule has 0 spiro atoms. The Labute approximate surface area is 91.8 Å². The van der Waals surface area contributed by atoms with Crippen LogP contribution in [-0.2, 0) is 6.54 Å². The number of nitrogens with zero attached hydrogens (tertiary/aromatic N) is 3. The van der Waals surface area contributed by atoms with E-state index in [1.807, 2.05) is 10.9 Å². The molecule has 4 heteroatoms. The molecule has 0 amide bonds. The lowest BCUT2D eigenvalue weighted by atomic mass is 9.75. The van der Waals surface area contributed by atoms with Gasteiger partial charge in [0.1, 0.15) is 6.07 Å².